The van der Waals surface area contributed by atoms with Crippen LogP contribution >= 0.6 is 0 Å². The van der Waals surface area contributed by atoms with Crippen LogP contribution in [0.25, 0.3) is 21.5 Å². The minimum atomic E-state index is -0.614. The maximum Gasteiger partial charge on any atom is 0.412 e. The van der Waals surface area contributed by atoms with Gasteiger partial charge in [0.05, 0.1) is 17.1 Å². The first-order valence-corrected chi connectivity index (χ1v) is 13.9. The SMILES string of the molecule is C[C@@H](CC/C=C/C(=O)Nc1ccccc1N)[C@@H](OC(=O)Nc1cccc2ccccc12)c1ccc(O)c2ccccc12. The van der Waals surface area contributed by atoms with Gasteiger partial charge in [0.15, 0.2) is 0 Å². The Kier molecular flexibility index (Phi) is 8.68. The van der Waals surface area contributed by atoms with Gasteiger partial charge in [-0.3, -0.25) is 10.1 Å². The Labute approximate surface area is 244 Å². The number of aromatic hydroxyl groups is 1. The van der Waals surface area contributed by atoms with Crippen molar-refractivity contribution in [1.82, 2.24) is 0 Å². The van der Waals surface area contributed by atoms with Crippen LogP contribution in [0.2, 0.25) is 0 Å². The van der Waals surface area contributed by atoms with Crippen LogP contribution < -0.4 is 16.4 Å². The summed E-state index contributed by atoms with van der Waals surface area (Å²) in [4.78, 5) is 25.7. The molecule has 0 aromatic heterocycles. The third-order valence-electron chi connectivity index (χ3n) is 7.30. The van der Waals surface area contributed by atoms with Crippen LogP contribution in [0.1, 0.15) is 31.4 Å². The number of nitrogen functional groups attached to an aromatic ring is 1. The lowest BCUT2D eigenvalue weighted by molar-refractivity contribution is -0.111. The van der Waals surface area contributed by atoms with E-state index in [1.165, 1.54) is 6.08 Å². The topological polar surface area (TPSA) is 114 Å². The Hall–Kier alpha value is -5.30. The van der Waals surface area contributed by atoms with Crippen molar-refractivity contribution in [2.24, 2.45) is 5.92 Å². The third kappa shape index (κ3) is 6.53. The minimum Gasteiger partial charge on any atom is -0.507 e. The van der Waals surface area contributed by atoms with Gasteiger partial charge in [0.2, 0.25) is 5.91 Å². The second kappa shape index (κ2) is 12.9. The number of fused-ring (bicyclic) bond motifs is 2. The Balaban J connectivity index is 1.34. The van der Waals surface area contributed by atoms with Crippen molar-refractivity contribution in [3.63, 3.8) is 0 Å². The molecule has 0 aliphatic rings. The summed E-state index contributed by atoms with van der Waals surface area (Å²) in [5.74, 6) is -0.227. The zero-order valence-corrected chi connectivity index (χ0v) is 23.3. The maximum absolute atomic E-state index is 13.3. The number of phenolic OH excluding ortho intramolecular Hbond substituents is 1. The summed E-state index contributed by atoms with van der Waals surface area (Å²) in [5, 5.41) is 19.6. The summed E-state index contributed by atoms with van der Waals surface area (Å²) in [7, 11) is 0. The minimum absolute atomic E-state index is 0.117. The molecule has 42 heavy (non-hydrogen) atoms. The van der Waals surface area contributed by atoms with Crippen molar-refractivity contribution in [3.8, 4) is 5.75 Å². The van der Waals surface area contributed by atoms with Gasteiger partial charge in [-0.1, -0.05) is 91.9 Å². The number of carbonyl (C=O) groups excluding carboxylic acids is 2. The lowest BCUT2D eigenvalue weighted by Crippen LogP contribution is -2.22. The van der Waals surface area contributed by atoms with Gasteiger partial charge in [0.1, 0.15) is 11.9 Å². The highest BCUT2D eigenvalue weighted by molar-refractivity contribution is 6.01. The van der Waals surface area contributed by atoms with Crippen LogP contribution in [-0.2, 0) is 9.53 Å². The number of carbonyl (C=O) groups is 2. The number of anilines is 3. The maximum atomic E-state index is 13.3. The van der Waals surface area contributed by atoms with Gasteiger partial charge >= 0.3 is 6.09 Å². The molecule has 0 fully saturated rings. The molecule has 0 bridgehead atoms. The Bertz CT molecular complexity index is 1760. The molecule has 5 aromatic carbocycles. The fourth-order valence-corrected chi connectivity index (χ4v) is 5.12. The molecule has 0 radical (unpaired) electrons. The van der Waals surface area contributed by atoms with Crippen molar-refractivity contribution in [2.45, 2.75) is 25.9 Å². The number of phenols is 1. The summed E-state index contributed by atoms with van der Waals surface area (Å²) in [6.45, 7) is 2.01. The monoisotopic (exact) mass is 559 g/mol. The van der Waals surface area contributed by atoms with Crippen molar-refractivity contribution in [1.29, 1.82) is 0 Å². The van der Waals surface area contributed by atoms with E-state index in [0.717, 1.165) is 21.7 Å². The van der Waals surface area contributed by atoms with Gasteiger partial charge in [-0.05, 0) is 59.9 Å². The number of nitrogens with two attached hydrogens (primary N) is 1. The van der Waals surface area contributed by atoms with Crippen molar-refractivity contribution in [3.05, 3.63) is 121 Å². The Morgan fingerprint density at radius 1 is 0.810 bits per heavy atom. The van der Waals surface area contributed by atoms with E-state index in [1.54, 1.807) is 42.5 Å². The quantitative estimate of drug-likeness (QED) is 0.107. The fraction of sp³-hybridized carbons (Fsp3) is 0.143. The van der Waals surface area contributed by atoms with E-state index < -0.39 is 12.2 Å². The van der Waals surface area contributed by atoms with Gasteiger partial charge in [-0.2, -0.15) is 0 Å². The standard InChI is InChI=1S/C35H33N3O4/c1-23(11-2-9-20-33(40)37-31-18-8-7-17-29(31)36)34(28-21-22-32(39)27-16-6-5-15-26(27)28)42-35(41)38-30-19-10-13-24-12-3-4-14-25(24)30/h3-10,12-23,34,39H,2,11,36H2,1H3,(H,37,40)(H,38,41)/b20-9+/t23-,34+/m0/s1. The number of allylic oxidation sites excluding steroid dienone is 1. The molecule has 0 unspecified atom stereocenters. The van der Waals surface area contributed by atoms with Crippen LogP contribution in [-0.4, -0.2) is 17.1 Å². The summed E-state index contributed by atoms with van der Waals surface area (Å²) in [6, 6.07) is 31.6. The predicted octanol–water partition coefficient (Wildman–Crippen LogP) is 8.18. The number of benzene rings is 5. The molecule has 0 saturated heterocycles. The second-order valence-electron chi connectivity index (χ2n) is 10.2. The molecule has 0 heterocycles. The van der Waals surface area contributed by atoms with Crippen molar-refractivity contribution in [2.75, 3.05) is 16.4 Å². The third-order valence-corrected chi connectivity index (χ3v) is 7.30. The highest BCUT2D eigenvalue weighted by atomic mass is 16.6. The highest BCUT2D eigenvalue weighted by Crippen LogP contribution is 2.37. The molecule has 7 nitrogen and oxygen atoms in total. The molecule has 0 saturated carbocycles. The van der Waals surface area contributed by atoms with E-state index in [0.29, 0.717) is 35.3 Å². The molecule has 2 amide bonds. The largest absolute Gasteiger partial charge is 0.507 e. The highest BCUT2D eigenvalue weighted by Gasteiger charge is 2.26. The summed E-state index contributed by atoms with van der Waals surface area (Å²) >= 11 is 0. The molecule has 5 rings (SSSR count). The summed E-state index contributed by atoms with van der Waals surface area (Å²) in [5.41, 5.74) is 8.43. The van der Waals surface area contributed by atoms with E-state index >= 15 is 0 Å². The Morgan fingerprint density at radius 3 is 2.29 bits per heavy atom. The van der Waals surface area contributed by atoms with Gasteiger partial charge in [0.25, 0.3) is 0 Å². The van der Waals surface area contributed by atoms with Crippen molar-refractivity contribution < 1.29 is 19.4 Å². The van der Waals surface area contributed by atoms with Crippen molar-refractivity contribution >= 4 is 50.6 Å². The molecule has 5 aromatic rings. The molecular formula is C35H33N3O4. The number of rotatable bonds is 9. The molecule has 0 aliphatic heterocycles. The van der Waals surface area contributed by atoms with E-state index in [4.69, 9.17) is 10.5 Å². The summed E-state index contributed by atoms with van der Waals surface area (Å²) < 4.78 is 6.12. The van der Waals surface area contributed by atoms with E-state index in [-0.39, 0.29) is 17.6 Å². The second-order valence-corrected chi connectivity index (χ2v) is 10.2. The molecule has 2 atom stereocenters. The molecule has 0 aliphatic carbocycles. The molecular weight excluding hydrogens is 526 g/mol. The zero-order valence-electron chi connectivity index (χ0n) is 23.3. The van der Waals surface area contributed by atoms with E-state index in [2.05, 4.69) is 10.6 Å². The van der Waals surface area contributed by atoms with Crippen LogP contribution in [0.4, 0.5) is 21.9 Å². The number of nitrogens with one attached hydrogen (secondary N) is 2. The molecule has 7 heteroatoms. The summed E-state index contributed by atoms with van der Waals surface area (Å²) in [6.07, 6.45) is 3.32. The molecule has 5 N–H and O–H groups in total. The van der Waals surface area contributed by atoms with E-state index in [9.17, 15) is 14.7 Å². The lowest BCUT2D eigenvalue weighted by Gasteiger charge is -2.26. The average molecular weight is 560 g/mol. The predicted molar refractivity (Wildman–Crippen MR) is 169 cm³/mol. The first-order chi connectivity index (χ1) is 20.4. The zero-order chi connectivity index (χ0) is 29.5. The van der Waals surface area contributed by atoms with Gasteiger partial charge < -0.3 is 20.9 Å². The van der Waals surface area contributed by atoms with Crippen LogP contribution in [0.3, 0.4) is 0 Å². The normalized spacial score (nSPS) is 12.7. The number of ether oxygens (including phenoxy) is 1. The Morgan fingerprint density at radius 2 is 1.48 bits per heavy atom. The number of hydrogen-bond donors (Lipinski definition) is 4. The van der Waals surface area contributed by atoms with Crippen LogP contribution in [0.5, 0.6) is 5.75 Å². The number of amides is 2. The molecule has 0 spiro atoms. The lowest BCUT2D eigenvalue weighted by atomic mass is 9.89. The average Bonchev–Trinajstić information content (AvgIpc) is 3.00. The fourth-order valence-electron chi connectivity index (χ4n) is 5.12. The smallest absolute Gasteiger partial charge is 0.412 e. The van der Waals surface area contributed by atoms with Crippen LogP contribution in [0, 0.1) is 5.92 Å². The van der Waals surface area contributed by atoms with Gasteiger partial charge in [0, 0.05) is 16.3 Å². The first-order valence-electron chi connectivity index (χ1n) is 13.9. The van der Waals surface area contributed by atoms with Crippen LogP contribution in [0.15, 0.2) is 115 Å². The number of hydrogen-bond acceptors (Lipinski definition) is 5. The van der Waals surface area contributed by atoms with Gasteiger partial charge in [-0.25, -0.2) is 4.79 Å². The first kappa shape index (κ1) is 28.2. The number of para-hydroxylation sites is 2. The van der Waals surface area contributed by atoms with Gasteiger partial charge in [-0.15, -0.1) is 0 Å². The van der Waals surface area contributed by atoms with E-state index in [1.807, 2.05) is 73.7 Å². The molecule has 212 valence electrons.